The first kappa shape index (κ1) is 17.3. The third-order valence-electron chi connectivity index (χ3n) is 2.34. The Morgan fingerprint density at radius 2 is 1.89 bits per heavy atom. The molecule has 4 nitrogen and oxygen atoms in total. The van der Waals surface area contributed by atoms with E-state index in [4.69, 9.17) is 14.2 Å². The Hall–Kier alpha value is -0.653. The van der Waals surface area contributed by atoms with Gasteiger partial charge in [0, 0.05) is 19.3 Å². The zero-order valence-corrected chi connectivity index (χ0v) is 13.2. The van der Waals surface area contributed by atoms with Crippen LogP contribution in [0.25, 0.3) is 0 Å². The molecule has 0 saturated carbocycles. The van der Waals surface area contributed by atoms with Gasteiger partial charge in [-0.2, -0.15) is 0 Å². The number of carbonyl (C=O) groups excluding carboxylic acids is 1. The van der Waals surface area contributed by atoms with E-state index in [1.54, 1.807) is 13.0 Å². The van der Waals surface area contributed by atoms with Crippen LogP contribution in [0.4, 0.5) is 0 Å². The Bertz CT molecular complexity index is 225. The largest absolute Gasteiger partial charge is 0.463 e. The van der Waals surface area contributed by atoms with Gasteiger partial charge < -0.3 is 14.2 Å². The predicted molar refractivity (Wildman–Crippen MR) is 75.4 cm³/mol. The van der Waals surface area contributed by atoms with E-state index in [1.807, 2.05) is 13.8 Å². The normalized spacial score (nSPS) is 12.0. The molecule has 0 atom stereocenters. The lowest BCUT2D eigenvalue weighted by Crippen LogP contribution is -2.24. The molecular weight excluding hydrogens is 248 g/mol. The van der Waals surface area contributed by atoms with Gasteiger partial charge >= 0.3 is 5.97 Å². The van der Waals surface area contributed by atoms with Crippen molar-refractivity contribution >= 4 is 15.5 Å². The summed E-state index contributed by atoms with van der Waals surface area (Å²) in [5.74, 6) is -0.207. The lowest BCUT2D eigenvalue weighted by molar-refractivity contribution is -0.137. The number of allylic oxidation sites excluding steroid dienone is 1. The molecule has 106 valence electrons. The summed E-state index contributed by atoms with van der Waals surface area (Å²) in [5, 5.41) is 0. The number of unbranched alkanes of at least 4 members (excludes halogenated alkanes) is 1. The van der Waals surface area contributed by atoms with Crippen LogP contribution in [-0.2, 0) is 19.0 Å². The Morgan fingerprint density at radius 1 is 1.22 bits per heavy atom. The molecule has 0 amide bonds. The molecule has 0 aliphatic carbocycles. The number of hydrogen-bond donors (Lipinski definition) is 0. The second-order valence-electron chi connectivity index (χ2n) is 3.86. The van der Waals surface area contributed by atoms with Gasteiger partial charge in [-0.3, -0.25) is 0 Å². The number of rotatable bonds is 11. The van der Waals surface area contributed by atoms with Crippen LogP contribution in [0.2, 0.25) is 6.04 Å². The van der Waals surface area contributed by atoms with Gasteiger partial charge in [0.15, 0.2) is 0 Å². The van der Waals surface area contributed by atoms with Crippen LogP contribution in [0.5, 0.6) is 0 Å². The van der Waals surface area contributed by atoms with E-state index in [9.17, 15) is 4.79 Å². The summed E-state index contributed by atoms with van der Waals surface area (Å²) < 4.78 is 16.0. The minimum atomic E-state index is -0.353. The van der Waals surface area contributed by atoms with Crippen molar-refractivity contribution in [1.29, 1.82) is 0 Å². The third-order valence-corrected chi connectivity index (χ3v) is 4.19. The monoisotopic (exact) mass is 274 g/mol. The van der Waals surface area contributed by atoms with Crippen LogP contribution in [0.3, 0.4) is 0 Å². The van der Waals surface area contributed by atoms with Crippen molar-refractivity contribution in [2.45, 2.75) is 45.6 Å². The quantitative estimate of drug-likeness (QED) is 0.190. The van der Waals surface area contributed by atoms with Crippen LogP contribution >= 0.6 is 0 Å². The van der Waals surface area contributed by atoms with E-state index < -0.39 is 0 Å². The first-order chi connectivity index (χ1) is 8.74. The third kappa shape index (κ3) is 10.5. The lowest BCUT2D eigenvalue weighted by atomic mass is 10.3. The zero-order chi connectivity index (χ0) is 13.6. The first-order valence-corrected chi connectivity index (χ1v) is 8.58. The van der Waals surface area contributed by atoms with Gasteiger partial charge in [-0.1, -0.05) is 18.5 Å². The second-order valence-corrected chi connectivity index (χ2v) is 5.81. The standard InChI is InChI=1S/C13H26O4Si/c1-4-9-12(14)17-10-7-8-11-18-13(15-5-2)16-6-3/h4,9,13H,5-8,10-11,18H2,1-3H3. The van der Waals surface area contributed by atoms with Crippen LogP contribution < -0.4 is 0 Å². The second kappa shape index (κ2) is 12.8. The highest BCUT2D eigenvalue weighted by Crippen LogP contribution is 2.02. The molecule has 0 heterocycles. The molecule has 0 radical (unpaired) electrons. The maximum atomic E-state index is 11.0. The van der Waals surface area contributed by atoms with Crippen LogP contribution in [0.15, 0.2) is 12.2 Å². The number of ether oxygens (including phenoxy) is 3. The number of esters is 1. The van der Waals surface area contributed by atoms with Gasteiger partial charge in [-0.25, -0.2) is 4.79 Å². The van der Waals surface area contributed by atoms with E-state index in [2.05, 4.69) is 0 Å². The minimum Gasteiger partial charge on any atom is -0.463 e. The van der Waals surface area contributed by atoms with Crippen molar-refractivity contribution in [3.8, 4) is 0 Å². The van der Waals surface area contributed by atoms with Crippen molar-refractivity contribution < 1.29 is 19.0 Å². The van der Waals surface area contributed by atoms with Crippen LogP contribution in [0, 0.1) is 0 Å². The minimum absolute atomic E-state index is 0.0468. The Balaban J connectivity index is 3.45. The fourth-order valence-electron chi connectivity index (χ4n) is 1.53. The Labute approximate surface area is 113 Å². The molecule has 0 aromatic carbocycles. The molecule has 18 heavy (non-hydrogen) atoms. The van der Waals surface area contributed by atoms with E-state index in [0.29, 0.717) is 19.8 Å². The molecule has 0 aromatic rings. The molecule has 0 aliphatic heterocycles. The van der Waals surface area contributed by atoms with Crippen molar-refractivity contribution in [1.82, 2.24) is 0 Å². The molecule has 0 aliphatic rings. The predicted octanol–water partition coefficient (Wildman–Crippen LogP) is 1.83. The smallest absolute Gasteiger partial charge is 0.330 e. The maximum absolute atomic E-state index is 11.0. The molecule has 0 rings (SSSR count). The van der Waals surface area contributed by atoms with Crippen molar-refractivity contribution in [2.75, 3.05) is 19.8 Å². The molecule has 0 saturated heterocycles. The van der Waals surface area contributed by atoms with E-state index in [0.717, 1.165) is 18.9 Å². The molecule has 0 fully saturated rings. The summed E-state index contributed by atoms with van der Waals surface area (Å²) >= 11 is 0. The van der Waals surface area contributed by atoms with Crippen molar-refractivity contribution in [3.63, 3.8) is 0 Å². The highest BCUT2D eigenvalue weighted by molar-refractivity contribution is 6.36. The highest BCUT2D eigenvalue weighted by Gasteiger charge is 2.07. The van der Waals surface area contributed by atoms with Gasteiger partial charge in [0.05, 0.1) is 16.1 Å². The van der Waals surface area contributed by atoms with Gasteiger partial charge in [0.25, 0.3) is 0 Å². The summed E-state index contributed by atoms with van der Waals surface area (Å²) in [4.78, 5) is 11.0. The van der Waals surface area contributed by atoms with E-state index in [1.165, 1.54) is 6.08 Å². The van der Waals surface area contributed by atoms with Gasteiger partial charge in [-0.15, -0.1) is 0 Å². The Kier molecular flexibility index (Phi) is 12.3. The summed E-state index contributed by atoms with van der Waals surface area (Å²) in [6.45, 7) is 7.69. The fraction of sp³-hybridized carbons (Fsp3) is 0.769. The fourth-order valence-corrected chi connectivity index (χ4v) is 3.31. The van der Waals surface area contributed by atoms with Crippen molar-refractivity contribution in [3.05, 3.63) is 12.2 Å². The summed E-state index contributed by atoms with van der Waals surface area (Å²) in [6, 6.07) is 1.16. The SMILES string of the molecule is CC=CC(=O)OCCCC[SiH2]C(OCC)OCC. The maximum Gasteiger partial charge on any atom is 0.330 e. The van der Waals surface area contributed by atoms with Crippen LogP contribution in [0.1, 0.15) is 33.6 Å². The average Bonchev–Trinajstić information content (AvgIpc) is 2.34. The highest BCUT2D eigenvalue weighted by atomic mass is 28.2. The molecule has 0 N–H and O–H groups in total. The summed E-state index contributed by atoms with van der Waals surface area (Å²) in [7, 11) is -0.353. The Morgan fingerprint density at radius 3 is 2.44 bits per heavy atom. The van der Waals surface area contributed by atoms with Gasteiger partial charge in [-0.05, 0) is 27.2 Å². The van der Waals surface area contributed by atoms with E-state index in [-0.39, 0.29) is 21.4 Å². The van der Waals surface area contributed by atoms with Gasteiger partial charge in [0.2, 0.25) is 0 Å². The summed E-state index contributed by atoms with van der Waals surface area (Å²) in [6.07, 6.45) is 5.12. The molecule has 0 bridgehead atoms. The lowest BCUT2D eigenvalue weighted by Gasteiger charge is -2.16. The molecule has 0 spiro atoms. The molecular formula is C13H26O4Si. The van der Waals surface area contributed by atoms with Gasteiger partial charge in [0.1, 0.15) is 5.91 Å². The molecule has 5 heteroatoms. The molecule has 0 aromatic heterocycles. The summed E-state index contributed by atoms with van der Waals surface area (Å²) in [5.41, 5.74) is 0. The van der Waals surface area contributed by atoms with Crippen LogP contribution in [-0.4, -0.2) is 41.2 Å². The topological polar surface area (TPSA) is 44.8 Å². The number of carbonyl (C=O) groups is 1. The zero-order valence-electron chi connectivity index (χ0n) is 11.8. The average molecular weight is 274 g/mol. The van der Waals surface area contributed by atoms with E-state index >= 15 is 0 Å². The van der Waals surface area contributed by atoms with Crippen molar-refractivity contribution in [2.24, 2.45) is 0 Å². The first-order valence-electron chi connectivity index (χ1n) is 6.77. The molecule has 0 unspecified atom stereocenters. The number of hydrogen-bond acceptors (Lipinski definition) is 4.